The highest BCUT2D eigenvalue weighted by molar-refractivity contribution is 5.85. The molecule has 0 unspecified atom stereocenters. The molecule has 1 aromatic rings. The van der Waals surface area contributed by atoms with Gasteiger partial charge in [0.25, 0.3) is 0 Å². The van der Waals surface area contributed by atoms with Crippen molar-refractivity contribution >= 4 is 24.6 Å². The molecule has 2 rings (SSSR count). The van der Waals surface area contributed by atoms with Gasteiger partial charge in [0.2, 0.25) is 0 Å². The van der Waals surface area contributed by atoms with Crippen molar-refractivity contribution in [1.82, 2.24) is 0 Å². The number of hydrogen-bond donors (Lipinski definition) is 0. The van der Waals surface area contributed by atoms with Crippen LogP contribution in [-0.2, 0) is 0 Å². The Hall–Kier alpha value is -0.750. The second-order valence-electron chi connectivity index (χ2n) is 1.96. The van der Waals surface area contributed by atoms with Gasteiger partial charge >= 0.3 is 0 Å². The molecule has 1 aliphatic carbocycles. The van der Waals surface area contributed by atoms with E-state index in [4.69, 9.17) is 0 Å². The maximum absolute atomic E-state index is 2.12. The van der Waals surface area contributed by atoms with E-state index in [0.29, 0.717) is 0 Å². The first-order valence-corrected chi connectivity index (χ1v) is 2.74. The molecular weight excluding hydrogens is 132 g/mol. The molecule has 1 aromatic carbocycles. The lowest BCUT2D eigenvalue weighted by Gasteiger charge is -2.06. The molecule has 1 aliphatic rings. The van der Waals surface area contributed by atoms with Crippen molar-refractivity contribution in [2.45, 2.75) is 0 Å². The van der Waals surface area contributed by atoms with Crippen LogP contribution in [-0.4, -0.2) is 0 Å². The lowest BCUT2D eigenvalue weighted by Crippen LogP contribution is -1.85. The molecular formula is C8H7Cl. The molecule has 0 radical (unpaired) electrons. The van der Waals surface area contributed by atoms with Gasteiger partial charge in [-0.2, -0.15) is 0 Å². The molecule has 0 spiro atoms. The summed E-state index contributed by atoms with van der Waals surface area (Å²) in [6, 6.07) is 8.36. The van der Waals surface area contributed by atoms with Crippen molar-refractivity contribution in [3.8, 4) is 0 Å². The molecule has 0 amide bonds. The number of benzene rings is 1. The normalized spacial score (nSPS) is 11.1. The summed E-state index contributed by atoms with van der Waals surface area (Å²) in [5.41, 5.74) is 2.74. The second-order valence-corrected chi connectivity index (χ2v) is 1.96. The summed E-state index contributed by atoms with van der Waals surface area (Å²) in [6.07, 6.45) is 4.24. The van der Waals surface area contributed by atoms with Crippen LogP contribution in [0, 0.1) is 0 Å². The first-order valence-electron chi connectivity index (χ1n) is 2.74. The molecule has 9 heavy (non-hydrogen) atoms. The van der Waals surface area contributed by atoms with E-state index in [0.717, 1.165) is 0 Å². The average Bonchev–Trinajstić information content (AvgIpc) is 1.72. The van der Waals surface area contributed by atoms with Crippen molar-refractivity contribution < 1.29 is 0 Å². The molecule has 1 heteroatoms. The molecule has 0 nitrogen and oxygen atoms in total. The Morgan fingerprint density at radius 2 is 1.22 bits per heavy atom. The smallest absolute Gasteiger partial charge is 0.0184 e. The quantitative estimate of drug-likeness (QED) is 0.525. The fourth-order valence-corrected chi connectivity index (χ4v) is 0.898. The van der Waals surface area contributed by atoms with Gasteiger partial charge in [-0.1, -0.05) is 36.4 Å². The van der Waals surface area contributed by atoms with Crippen molar-refractivity contribution in [3.05, 3.63) is 35.4 Å². The Labute approximate surface area is 60.6 Å². The summed E-state index contributed by atoms with van der Waals surface area (Å²) in [6.45, 7) is 0. The largest absolute Gasteiger partial charge is 0.147 e. The van der Waals surface area contributed by atoms with Gasteiger partial charge in [-0.05, 0) is 11.1 Å². The van der Waals surface area contributed by atoms with Gasteiger partial charge in [0, 0.05) is 0 Å². The Bertz CT molecular complexity index is 213. The third-order valence-electron chi connectivity index (χ3n) is 1.44. The Balaban J connectivity index is 0.000000405. The maximum atomic E-state index is 2.12. The fraction of sp³-hybridized carbons (Fsp3) is 0. The molecule has 0 heterocycles. The summed E-state index contributed by atoms with van der Waals surface area (Å²) in [7, 11) is 0. The van der Waals surface area contributed by atoms with E-state index >= 15 is 0 Å². The van der Waals surface area contributed by atoms with E-state index < -0.39 is 0 Å². The zero-order chi connectivity index (χ0) is 5.40. The van der Waals surface area contributed by atoms with E-state index in [2.05, 4.69) is 36.4 Å². The summed E-state index contributed by atoms with van der Waals surface area (Å²) < 4.78 is 0. The van der Waals surface area contributed by atoms with Crippen LogP contribution in [0.2, 0.25) is 0 Å². The summed E-state index contributed by atoms with van der Waals surface area (Å²) in [4.78, 5) is 0. The molecule has 46 valence electrons. The van der Waals surface area contributed by atoms with Gasteiger partial charge < -0.3 is 0 Å². The van der Waals surface area contributed by atoms with Crippen molar-refractivity contribution in [1.29, 1.82) is 0 Å². The Kier molecular flexibility index (Phi) is 1.58. The maximum Gasteiger partial charge on any atom is -0.0184 e. The molecule has 0 aromatic heterocycles. The monoisotopic (exact) mass is 138 g/mol. The second kappa shape index (κ2) is 2.24. The highest BCUT2D eigenvalue weighted by atomic mass is 35.5. The van der Waals surface area contributed by atoms with Crippen LogP contribution in [0.3, 0.4) is 0 Å². The fourth-order valence-electron chi connectivity index (χ4n) is 0.898. The van der Waals surface area contributed by atoms with Crippen LogP contribution < -0.4 is 0 Å². The van der Waals surface area contributed by atoms with Crippen molar-refractivity contribution in [2.24, 2.45) is 0 Å². The zero-order valence-electron chi connectivity index (χ0n) is 4.87. The lowest BCUT2D eigenvalue weighted by molar-refractivity contribution is 1.58. The van der Waals surface area contributed by atoms with Crippen molar-refractivity contribution in [3.63, 3.8) is 0 Å². The molecule has 0 saturated carbocycles. The van der Waals surface area contributed by atoms with E-state index in [1.54, 1.807) is 0 Å². The van der Waals surface area contributed by atoms with Crippen LogP contribution in [0.5, 0.6) is 0 Å². The highest BCUT2D eigenvalue weighted by Gasteiger charge is 1.99. The van der Waals surface area contributed by atoms with E-state index in [-0.39, 0.29) is 12.4 Å². The Morgan fingerprint density at radius 3 is 1.44 bits per heavy atom. The van der Waals surface area contributed by atoms with Gasteiger partial charge in [0.1, 0.15) is 0 Å². The first-order chi connectivity index (χ1) is 3.97. The molecule has 0 fully saturated rings. The van der Waals surface area contributed by atoms with Gasteiger partial charge in [0.15, 0.2) is 0 Å². The number of halogens is 1. The standard InChI is InChI=1S/C8H6.ClH/c1-2-4-8-6-5-7(8)3-1;/h1-6H;1H. The first kappa shape index (κ1) is 6.37. The molecule has 0 atom stereocenters. The Morgan fingerprint density at radius 1 is 0.778 bits per heavy atom. The highest BCUT2D eigenvalue weighted by Crippen LogP contribution is 2.21. The van der Waals surface area contributed by atoms with E-state index in [1.165, 1.54) is 11.1 Å². The predicted molar refractivity (Wildman–Crippen MR) is 42.6 cm³/mol. The van der Waals surface area contributed by atoms with Crippen LogP contribution in [0.4, 0.5) is 0 Å². The van der Waals surface area contributed by atoms with E-state index in [1.807, 2.05) is 0 Å². The minimum absolute atomic E-state index is 0. The summed E-state index contributed by atoms with van der Waals surface area (Å²) >= 11 is 0. The van der Waals surface area contributed by atoms with Gasteiger partial charge in [-0.3, -0.25) is 0 Å². The predicted octanol–water partition coefficient (Wildman–Crippen LogP) is 2.59. The third kappa shape index (κ3) is 0.859. The third-order valence-corrected chi connectivity index (χ3v) is 1.44. The number of rotatable bonds is 0. The topological polar surface area (TPSA) is 0 Å². The molecule has 0 saturated heterocycles. The minimum Gasteiger partial charge on any atom is -0.147 e. The van der Waals surface area contributed by atoms with Crippen LogP contribution >= 0.6 is 12.4 Å². The lowest BCUT2D eigenvalue weighted by atomic mass is 9.99. The van der Waals surface area contributed by atoms with Gasteiger partial charge in [0.05, 0.1) is 0 Å². The number of fused-ring (bicyclic) bond motifs is 1. The summed E-state index contributed by atoms with van der Waals surface area (Å²) in [5, 5.41) is 0. The van der Waals surface area contributed by atoms with Gasteiger partial charge in [-0.25, -0.2) is 0 Å². The number of hydrogen-bond acceptors (Lipinski definition) is 0. The average molecular weight is 139 g/mol. The van der Waals surface area contributed by atoms with Crippen LogP contribution in [0.1, 0.15) is 11.1 Å². The SMILES string of the molecule is C1=Cc2ccccc21.Cl. The molecule has 0 bridgehead atoms. The molecule has 0 N–H and O–H groups in total. The van der Waals surface area contributed by atoms with Crippen LogP contribution in [0.15, 0.2) is 24.3 Å². The van der Waals surface area contributed by atoms with Crippen molar-refractivity contribution in [2.75, 3.05) is 0 Å². The van der Waals surface area contributed by atoms with Gasteiger partial charge in [-0.15, -0.1) is 12.4 Å². The summed E-state index contributed by atoms with van der Waals surface area (Å²) in [5.74, 6) is 0. The minimum atomic E-state index is 0. The zero-order valence-corrected chi connectivity index (χ0v) is 5.69. The molecule has 0 aliphatic heterocycles. The van der Waals surface area contributed by atoms with E-state index in [9.17, 15) is 0 Å². The van der Waals surface area contributed by atoms with Crippen LogP contribution in [0.25, 0.3) is 12.2 Å².